The van der Waals surface area contributed by atoms with Crippen LogP contribution in [0.25, 0.3) is 0 Å². The predicted molar refractivity (Wildman–Crippen MR) is 75.7 cm³/mol. The number of benzene rings is 1. The Morgan fingerprint density at radius 3 is 3.06 bits per heavy atom. The monoisotopic (exact) mass is 308 g/mol. The highest BCUT2D eigenvalue weighted by molar-refractivity contribution is 9.10. The Bertz CT molecular complexity index is 454. The molecule has 0 N–H and O–H groups in total. The zero-order valence-corrected chi connectivity index (χ0v) is 12.1. The predicted octanol–water partition coefficient (Wildman–Crippen LogP) is 3.33. The van der Waals surface area contributed by atoms with Crippen LogP contribution in [0, 0.1) is 11.3 Å². The van der Waals surface area contributed by atoms with Gasteiger partial charge >= 0.3 is 0 Å². The van der Waals surface area contributed by atoms with Gasteiger partial charge in [0.15, 0.2) is 0 Å². The zero-order valence-electron chi connectivity index (χ0n) is 10.5. The van der Waals surface area contributed by atoms with Gasteiger partial charge in [0.25, 0.3) is 0 Å². The van der Waals surface area contributed by atoms with Crippen molar-refractivity contribution in [2.24, 2.45) is 0 Å². The number of piperidine rings is 1. The van der Waals surface area contributed by atoms with Gasteiger partial charge in [0, 0.05) is 29.9 Å². The van der Waals surface area contributed by atoms with Gasteiger partial charge in [-0.15, -0.1) is 0 Å². The van der Waals surface area contributed by atoms with Crippen molar-refractivity contribution in [1.82, 2.24) is 0 Å². The highest BCUT2D eigenvalue weighted by Gasteiger charge is 2.20. The third-order valence-corrected chi connectivity index (χ3v) is 3.62. The van der Waals surface area contributed by atoms with Gasteiger partial charge in [0.05, 0.1) is 17.7 Å². The Kier molecular flexibility index (Phi) is 4.62. The lowest BCUT2D eigenvalue weighted by atomic mass is 10.1. The molecule has 1 aromatic carbocycles. The first-order valence-corrected chi connectivity index (χ1v) is 7.09. The Morgan fingerprint density at radius 2 is 2.33 bits per heavy atom. The van der Waals surface area contributed by atoms with Crippen LogP contribution in [0.1, 0.15) is 25.3 Å². The Morgan fingerprint density at radius 1 is 1.50 bits per heavy atom. The van der Waals surface area contributed by atoms with E-state index in [9.17, 15) is 0 Å². The lowest BCUT2D eigenvalue weighted by molar-refractivity contribution is 0.0527. The van der Waals surface area contributed by atoms with Crippen molar-refractivity contribution in [3.63, 3.8) is 0 Å². The molecule has 2 rings (SSSR count). The summed E-state index contributed by atoms with van der Waals surface area (Å²) in [5, 5.41) is 9.01. The van der Waals surface area contributed by atoms with Crippen LogP contribution < -0.4 is 4.90 Å². The highest BCUT2D eigenvalue weighted by Crippen LogP contribution is 2.26. The number of ether oxygens (including phenoxy) is 1. The summed E-state index contributed by atoms with van der Waals surface area (Å²) in [4.78, 5) is 2.30. The lowest BCUT2D eigenvalue weighted by Crippen LogP contribution is -2.39. The maximum atomic E-state index is 9.01. The van der Waals surface area contributed by atoms with Gasteiger partial charge in [0.2, 0.25) is 0 Å². The summed E-state index contributed by atoms with van der Waals surface area (Å²) in [6, 6.07) is 8.04. The fourth-order valence-corrected chi connectivity index (χ4v) is 2.85. The largest absolute Gasteiger partial charge is 0.377 e. The summed E-state index contributed by atoms with van der Waals surface area (Å²) in [7, 11) is 0. The van der Waals surface area contributed by atoms with Crippen LogP contribution in [0.3, 0.4) is 0 Å². The van der Waals surface area contributed by atoms with E-state index in [1.807, 2.05) is 19.1 Å². The van der Waals surface area contributed by atoms with Gasteiger partial charge in [0.1, 0.15) is 0 Å². The van der Waals surface area contributed by atoms with Crippen LogP contribution >= 0.6 is 15.9 Å². The molecule has 0 radical (unpaired) electrons. The molecule has 4 heteroatoms. The smallest absolute Gasteiger partial charge is 0.0992 e. The summed E-state index contributed by atoms with van der Waals surface area (Å²) in [6.45, 7) is 4.74. The molecule has 1 unspecified atom stereocenters. The standard InChI is InChI=1S/C14H17BrN2O/c1-2-18-14-4-3-5-17(10-14)13-7-11(9-16)6-12(15)8-13/h6-8,14H,2-5,10H2,1H3. The third-order valence-electron chi connectivity index (χ3n) is 3.16. The minimum absolute atomic E-state index is 0.313. The number of halogens is 1. The van der Waals surface area contributed by atoms with Crippen molar-refractivity contribution < 1.29 is 4.74 Å². The maximum Gasteiger partial charge on any atom is 0.0992 e. The summed E-state index contributed by atoms with van der Waals surface area (Å²) in [5.74, 6) is 0. The number of nitrogens with zero attached hydrogens (tertiary/aromatic N) is 2. The summed E-state index contributed by atoms with van der Waals surface area (Å²) in [6.07, 6.45) is 2.58. The average molecular weight is 309 g/mol. The van der Waals surface area contributed by atoms with E-state index in [0.29, 0.717) is 11.7 Å². The first-order chi connectivity index (χ1) is 8.72. The fraction of sp³-hybridized carbons (Fsp3) is 0.500. The van der Waals surface area contributed by atoms with Crippen LogP contribution in [-0.4, -0.2) is 25.8 Å². The van der Waals surface area contributed by atoms with E-state index in [2.05, 4.69) is 33.0 Å². The molecule has 1 heterocycles. The Labute approximate surface area is 116 Å². The number of nitriles is 1. The van der Waals surface area contributed by atoms with Crippen molar-refractivity contribution in [2.45, 2.75) is 25.9 Å². The molecule has 0 saturated carbocycles. The maximum absolute atomic E-state index is 9.01. The molecule has 0 aliphatic carbocycles. The molecule has 1 aromatic rings. The molecule has 1 atom stereocenters. The number of rotatable bonds is 3. The quantitative estimate of drug-likeness (QED) is 0.859. The molecule has 0 bridgehead atoms. The van der Waals surface area contributed by atoms with E-state index in [4.69, 9.17) is 10.00 Å². The Balaban J connectivity index is 2.15. The molecule has 96 valence electrons. The van der Waals surface area contributed by atoms with Gasteiger partial charge in [-0.05, 0) is 38.0 Å². The third kappa shape index (κ3) is 3.24. The Hall–Kier alpha value is -1.05. The second-order valence-electron chi connectivity index (χ2n) is 4.48. The van der Waals surface area contributed by atoms with Gasteiger partial charge in [-0.1, -0.05) is 15.9 Å². The van der Waals surface area contributed by atoms with E-state index in [1.165, 1.54) is 0 Å². The first-order valence-electron chi connectivity index (χ1n) is 6.30. The number of anilines is 1. The molecule has 1 aliphatic heterocycles. The minimum Gasteiger partial charge on any atom is -0.377 e. The van der Waals surface area contributed by atoms with Crippen LogP contribution in [0.2, 0.25) is 0 Å². The molecule has 1 aliphatic rings. The fourth-order valence-electron chi connectivity index (χ4n) is 2.37. The summed E-state index contributed by atoms with van der Waals surface area (Å²) < 4.78 is 6.66. The molecule has 3 nitrogen and oxygen atoms in total. The minimum atomic E-state index is 0.313. The average Bonchev–Trinajstić information content (AvgIpc) is 2.39. The molecule has 1 fully saturated rings. The summed E-state index contributed by atoms with van der Waals surface area (Å²) >= 11 is 3.46. The van der Waals surface area contributed by atoms with Crippen molar-refractivity contribution >= 4 is 21.6 Å². The van der Waals surface area contributed by atoms with Crippen molar-refractivity contribution in [3.05, 3.63) is 28.2 Å². The van der Waals surface area contributed by atoms with E-state index < -0.39 is 0 Å². The van der Waals surface area contributed by atoms with Crippen LogP contribution in [0.5, 0.6) is 0 Å². The molecular weight excluding hydrogens is 292 g/mol. The van der Waals surface area contributed by atoms with Gasteiger partial charge in [-0.3, -0.25) is 0 Å². The van der Waals surface area contributed by atoms with E-state index in [-0.39, 0.29) is 0 Å². The molecule has 0 spiro atoms. The van der Waals surface area contributed by atoms with Crippen LogP contribution in [0.15, 0.2) is 22.7 Å². The van der Waals surface area contributed by atoms with E-state index in [0.717, 1.165) is 42.7 Å². The zero-order chi connectivity index (χ0) is 13.0. The topological polar surface area (TPSA) is 36.3 Å². The van der Waals surface area contributed by atoms with Crippen LogP contribution in [-0.2, 0) is 4.74 Å². The van der Waals surface area contributed by atoms with Gasteiger partial charge < -0.3 is 9.64 Å². The van der Waals surface area contributed by atoms with Gasteiger partial charge in [-0.2, -0.15) is 5.26 Å². The van der Waals surface area contributed by atoms with Crippen molar-refractivity contribution in [2.75, 3.05) is 24.6 Å². The normalized spacial score (nSPS) is 19.6. The van der Waals surface area contributed by atoms with Gasteiger partial charge in [-0.25, -0.2) is 0 Å². The number of hydrogen-bond acceptors (Lipinski definition) is 3. The molecule has 1 saturated heterocycles. The summed E-state index contributed by atoms with van der Waals surface area (Å²) in [5.41, 5.74) is 1.79. The van der Waals surface area contributed by atoms with E-state index >= 15 is 0 Å². The number of hydrogen-bond donors (Lipinski definition) is 0. The van der Waals surface area contributed by atoms with Crippen molar-refractivity contribution in [3.8, 4) is 6.07 Å². The molecule has 0 amide bonds. The second kappa shape index (κ2) is 6.21. The second-order valence-corrected chi connectivity index (χ2v) is 5.39. The SMILES string of the molecule is CCOC1CCCN(c2cc(Br)cc(C#N)c2)C1. The molecular formula is C14H17BrN2O. The van der Waals surface area contributed by atoms with Crippen molar-refractivity contribution in [1.29, 1.82) is 5.26 Å². The molecule has 18 heavy (non-hydrogen) atoms. The lowest BCUT2D eigenvalue weighted by Gasteiger charge is -2.34. The highest BCUT2D eigenvalue weighted by atomic mass is 79.9. The van der Waals surface area contributed by atoms with E-state index in [1.54, 1.807) is 0 Å². The first kappa shape index (κ1) is 13.4. The van der Waals surface area contributed by atoms with Crippen LogP contribution in [0.4, 0.5) is 5.69 Å². The molecule has 0 aromatic heterocycles.